The quantitative estimate of drug-likeness (QED) is 0.373. The van der Waals surface area contributed by atoms with E-state index in [0.29, 0.717) is 17.9 Å². The lowest BCUT2D eigenvalue weighted by molar-refractivity contribution is 0.414. The highest BCUT2D eigenvalue weighted by Gasteiger charge is 2.33. The fourth-order valence-corrected chi connectivity index (χ4v) is 4.85. The third-order valence-electron chi connectivity index (χ3n) is 6.62. The molecule has 0 aliphatic carbocycles. The summed E-state index contributed by atoms with van der Waals surface area (Å²) in [5, 5.41) is 11.3. The predicted octanol–water partition coefficient (Wildman–Crippen LogP) is 5.10. The standard InChI is InChI=1S/C28H25N5O2/c1-34-21-10-7-20(8-11-21)24-23-12-9-19-5-2-3-6-22(19)26(23)35-28-25(24)27(29)33(18-31-28)15-4-14-32-16-13-30-17-32/h2-3,5-13,16-18,24,29H,4,14-15H2,1H3. The van der Waals surface area contributed by atoms with E-state index in [1.165, 1.54) is 0 Å². The highest BCUT2D eigenvalue weighted by molar-refractivity contribution is 5.91. The van der Waals surface area contributed by atoms with Gasteiger partial charge in [0.15, 0.2) is 0 Å². The molecule has 7 heteroatoms. The van der Waals surface area contributed by atoms with Gasteiger partial charge in [-0.2, -0.15) is 0 Å². The monoisotopic (exact) mass is 463 g/mol. The molecule has 0 amide bonds. The Morgan fingerprint density at radius 3 is 2.66 bits per heavy atom. The van der Waals surface area contributed by atoms with Crippen molar-refractivity contribution in [3.8, 4) is 17.4 Å². The Morgan fingerprint density at radius 2 is 1.86 bits per heavy atom. The van der Waals surface area contributed by atoms with Gasteiger partial charge in [-0.25, -0.2) is 9.97 Å². The Labute approximate surface area is 202 Å². The van der Waals surface area contributed by atoms with Crippen LogP contribution in [-0.4, -0.2) is 26.2 Å². The van der Waals surface area contributed by atoms with E-state index in [0.717, 1.165) is 51.9 Å². The second kappa shape index (κ2) is 8.76. The van der Waals surface area contributed by atoms with E-state index in [1.807, 2.05) is 45.9 Å². The number of imidazole rings is 1. The number of nitrogens with zero attached hydrogens (tertiary/aromatic N) is 4. The van der Waals surface area contributed by atoms with Crippen LogP contribution >= 0.6 is 0 Å². The van der Waals surface area contributed by atoms with Crippen molar-refractivity contribution in [2.24, 2.45) is 0 Å². The largest absolute Gasteiger partial charge is 0.497 e. The van der Waals surface area contributed by atoms with Gasteiger partial charge in [0, 0.05) is 42.4 Å². The molecular formula is C28H25N5O2. The maximum absolute atomic E-state index is 9.14. The first-order valence-electron chi connectivity index (χ1n) is 11.7. The molecule has 0 fully saturated rings. The Hall–Kier alpha value is -4.39. The molecule has 7 nitrogen and oxygen atoms in total. The maximum atomic E-state index is 9.14. The summed E-state index contributed by atoms with van der Waals surface area (Å²) in [6, 6.07) is 20.5. The molecule has 35 heavy (non-hydrogen) atoms. The average molecular weight is 464 g/mol. The molecular weight excluding hydrogens is 438 g/mol. The highest BCUT2D eigenvalue weighted by Crippen LogP contribution is 2.47. The fourth-order valence-electron chi connectivity index (χ4n) is 4.85. The minimum absolute atomic E-state index is 0.176. The van der Waals surface area contributed by atoms with E-state index in [2.05, 4.69) is 46.4 Å². The first-order valence-corrected chi connectivity index (χ1v) is 11.7. The van der Waals surface area contributed by atoms with E-state index >= 15 is 0 Å². The first-order chi connectivity index (χ1) is 17.2. The SMILES string of the molecule is COc1ccc(C2c3ccc4ccccc4c3Oc3ncn(CCCn4ccnc4)c(=N)c32)cc1. The molecule has 0 saturated carbocycles. The second-order valence-electron chi connectivity index (χ2n) is 8.67. The van der Waals surface area contributed by atoms with Crippen molar-refractivity contribution in [2.75, 3.05) is 7.11 Å². The third kappa shape index (κ3) is 3.75. The Balaban J connectivity index is 1.46. The van der Waals surface area contributed by atoms with Gasteiger partial charge in [-0.1, -0.05) is 48.5 Å². The number of aryl methyl sites for hydroxylation is 2. The summed E-state index contributed by atoms with van der Waals surface area (Å²) in [6.45, 7) is 1.51. The molecule has 3 heterocycles. The molecule has 3 aromatic carbocycles. The van der Waals surface area contributed by atoms with Crippen LogP contribution in [-0.2, 0) is 13.1 Å². The molecule has 174 valence electrons. The fraction of sp³-hybridized carbons (Fsp3) is 0.179. The highest BCUT2D eigenvalue weighted by atomic mass is 16.5. The smallest absolute Gasteiger partial charge is 0.228 e. The van der Waals surface area contributed by atoms with Crippen molar-refractivity contribution in [2.45, 2.75) is 25.4 Å². The zero-order valence-electron chi connectivity index (χ0n) is 19.4. The number of hydrogen-bond donors (Lipinski definition) is 1. The van der Waals surface area contributed by atoms with Crippen molar-refractivity contribution < 1.29 is 9.47 Å². The Kier molecular flexibility index (Phi) is 5.29. The van der Waals surface area contributed by atoms with Crippen LogP contribution in [0.5, 0.6) is 17.4 Å². The van der Waals surface area contributed by atoms with Gasteiger partial charge in [0.25, 0.3) is 0 Å². The van der Waals surface area contributed by atoms with E-state index in [9.17, 15) is 0 Å². The molecule has 0 bridgehead atoms. The zero-order valence-corrected chi connectivity index (χ0v) is 19.4. The molecule has 2 aromatic heterocycles. The van der Waals surface area contributed by atoms with Crippen molar-refractivity contribution in [1.29, 1.82) is 5.41 Å². The maximum Gasteiger partial charge on any atom is 0.228 e. The summed E-state index contributed by atoms with van der Waals surface area (Å²) in [5.41, 5.74) is 3.30. The van der Waals surface area contributed by atoms with Gasteiger partial charge in [-0.3, -0.25) is 5.41 Å². The number of hydrogen-bond acceptors (Lipinski definition) is 5. The lowest BCUT2D eigenvalue weighted by atomic mass is 9.83. The van der Waals surface area contributed by atoms with Crippen LogP contribution in [0.4, 0.5) is 0 Å². The summed E-state index contributed by atoms with van der Waals surface area (Å²) in [4.78, 5) is 8.79. The van der Waals surface area contributed by atoms with Gasteiger partial charge >= 0.3 is 0 Å². The van der Waals surface area contributed by atoms with Crippen LogP contribution in [0.1, 0.15) is 29.0 Å². The molecule has 0 saturated heterocycles. The zero-order chi connectivity index (χ0) is 23.8. The van der Waals surface area contributed by atoms with Crippen LogP contribution in [0.3, 0.4) is 0 Å². The minimum atomic E-state index is -0.176. The molecule has 0 radical (unpaired) electrons. The van der Waals surface area contributed by atoms with Crippen molar-refractivity contribution in [3.05, 3.63) is 108 Å². The Morgan fingerprint density at radius 1 is 1.00 bits per heavy atom. The number of nitrogens with one attached hydrogen (secondary N) is 1. The van der Waals surface area contributed by atoms with E-state index in [4.69, 9.17) is 14.9 Å². The van der Waals surface area contributed by atoms with Crippen LogP contribution < -0.4 is 15.0 Å². The third-order valence-corrected chi connectivity index (χ3v) is 6.62. The molecule has 1 aliphatic rings. The number of methoxy groups -OCH3 is 1. The number of rotatable bonds is 6. The summed E-state index contributed by atoms with van der Waals surface area (Å²) >= 11 is 0. The molecule has 1 unspecified atom stereocenters. The molecule has 1 N–H and O–H groups in total. The second-order valence-corrected chi connectivity index (χ2v) is 8.67. The van der Waals surface area contributed by atoms with Gasteiger partial charge < -0.3 is 18.6 Å². The average Bonchev–Trinajstić information content (AvgIpc) is 3.42. The molecule has 5 aromatic rings. The summed E-state index contributed by atoms with van der Waals surface area (Å²) in [5.74, 6) is 1.92. The number of benzene rings is 3. The van der Waals surface area contributed by atoms with E-state index < -0.39 is 0 Å². The van der Waals surface area contributed by atoms with Crippen LogP contribution in [0, 0.1) is 5.41 Å². The van der Waals surface area contributed by atoms with Crippen LogP contribution in [0.25, 0.3) is 10.8 Å². The molecule has 0 spiro atoms. The van der Waals surface area contributed by atoms with Crippen molar-refractivity contribution >= 4 is 10.8 Å². The van der Waals surface area contributed by atoms with Gasteiger partial charge in [0.05, 0.1) is 19.0 Å². The van der Waals surface area contributed by atoms with E-state index in [-0.39, 0.29) is 5.92 Å². The lowest BCUT2D eigenvalue weighted by Crippen LogP contribution is -2.30. The predicted molar refractivity (Wildman–Crippen MR) is 133 cm³/mol. The van der Waals surface area contributed by atoms with Crippen LogP contribution in [0.15, 0.2) is 85.7 Å². The lowest BCUT2D eigenvalue weighted by Gasteiger charge is -2.29. The van der Waals surface area contributed by atoms with E-state index in [1.54, 1.807) is 19.6 Å². The van der Waals surface area contributed by atoms with Gasteiger partial charge in [0.2, 0.25) is 5.88 Å². The molecule has 1 aliphatic heterocycles. The summed E-state index contributed by atoms with van der Waals surface area (Å²) < 4.78 is 15.7. The normalized spacial score (nSPS) is 14.3. The molecule has 6 rings (SSSR count). The Bertz CT molecular complexity index is 1560. The van der Waals surface area contributed by atoms with Crippen molar-refractivity contribution in [3.63, 3.8) is 0 Å². The minimum Gasteiger partial charge on any atom is -0.497 e. The van der Waals surface area contributed by atoms with Crippen molar-refractivity contribution in [1.82, 2.24) is 19.1 Å². The summed E-state index contributed by atoms with van der Waals surface area (Å²) in [6.07, 6.45) is 8.12. The molecule has 1 atom stereocenters. The van der Waals surface area contributed by atoms with Gasteiger partial charge in [-0.15, -0.1) is 0 Å². The van der Waals surface area contributed by atoms with Gasteiger partial charge in [0.1, 0.15) is 23.3 Å². The number of fused-ring (bicyclic) bond motifs is 4. The number of aromatic nitrogens is 4. The summed E-state index contributed by atoms with van der Waals surface area (Å²) in [7, 11) is 1.67. The van der Waals surface area contributed by atoms with Crippen LogP contribution in [0.2, 0.25) is 0 Å². The number of ether oxygens (including phenoxy) is 2. The topological polar surface area (TPSA) is 78.0 Å². The van der Waals surface area contributed by atoms with Gasteiger partial charge in [-0.05, 0) is 29.5 Å². The first kappa shape index (κ1) is 21.2.